The number of fused-ring (bicyclic) bond motifs is 1. The number of aromatic nitrogens is 2. The van der Waals surface area contributed by atoms with E-state index in [2.05, 4.69) is 32.4 Å². The summed E-state index contributed by atoms with van der Waals surface area (Å²) in [5.74, 6) is 0.663. The highest BCUT2D eigenvalue weighted by molar-refractivity contribution is 6.04. The van der Waals surface area contributed by atoms with E-state index in [1.165, 1.54) is 5.56 Å². The van der Waals surface area contributed by atoms with Crippen molar-refractivity contribution in [3.63, 3.8) is 0 Å². The maximum Gasteiger partial charge on any atom is 0.255 e. The Labute approximate surface area is 188 Å². The molecule has 2 N–H and O–H groups in total. The first kappa shape index (κ1) is 21.5. The summed E-state index contributed by atoms with van der Waals surface area (Å²) < 4.78 is 0. The Bertz CT molecular complexity index is 1220. The van der Waals surface area contributed by atoms with E-state index in [4.69, 9.17) is 0 Å². The van der Waals surface area contributed by atoms with Crippen LogP contribution in [0.3, 0.4) is 0 Å². The van der Waals surface area contributed by atoms with E-state index in [0.29, 0.717) is 5.56 Å². The summed E-state index contributed by atoms with van der Waals surface area (Å²) in [4.78, 5) is 23.5. The first-order valence-corrected chi connectivity index (χ1v) is 10.6. The van der Waals surface area contributed by atoms with Crippen molar-refractivity contribution >= 4 is 28.3 Å². The quantitative estimate of drug-likeness (QED) is 0.430. The summed E-state index contributed by atoms with van der Waals surface area (Å²) in [5.41, 5.74) is 4.51. The molecule has 0 aliphatic carbocycles. The number of amides is 1. The molecule has 6 heteroatoms. The van der Waals surface area contributed by atoms with Crippen molar-refractivity contribution in [1.82, 2.24) is 14.9 Å². The van der Waals surface area contributed by atoms with E-state index >= 15 is 0 Å². The number of para-hydroxylation sites is 1. The average Bonchev–Trinajstić information content (AvgIpc) is 2.79. The minimum Gasteiger partial charge on any atom is -0.363 e. The van der Waals surface area contributed by atoms with E-state index in [1.54, 1.807) is 6.33 Å². The van der Waals surface area contributed by atoms with E-state index < -0.39 is 0 Å². The molecule has 0 saturated heterocycles. The topological polar surface area (TPSA) is 70.1 Å². The molecule has 32 heavy (non-hydrogen) atoms. The summed E-state index contributed by atoms with van der Waals surface area (Å²) in [7, 11) is 4.05. The molecule has 4 rings (SSSR count). The highest BCUT2D eigenvalue weighted by Crippen LogP contribution is 2.25. The lowest BCUT2D eigenvalue weighted by Crippen LogP contribution is -2.14. The van der Waals surface area contributed by atoms with Gasteiger partial charge in [-0.2, -0.15) is 0 Å². The first-order chi connectivity index (χ1) is 15.5. The molecule has 0 saturated carbocycles. The van der Waals surface area contributed by atoms with Gasteiger partial charge in [0, 0.05) is 23.2 Å². The fraction of sp³-hybridized carbons (Fsp3) is 0.192. The number of rotatable bonds is 7. The summed E-state index contributed by atoms with van der Waals surface area (Å²) in [5, 5.41) is 7.45. The molecule has 0 bridgehead atoms. The normalized spacial score (nSPS) is 12.0. The van der Waals surface area contributed by atoms with Crippen molar-refractivity contribution in [3.05, 3.63) is 95.8 Å². The fourth-order valence-electron chi connectivity index (χ4n) is 3.62. The van der Waals surface area contributed by atoms with Crippen molar-refractivity contribution < 1.29 is 4.79 Å². The zero-order valence-electron chi connectivity index (χ0n) is 18.5. The molecule has 0 fully saturated rings. The SMILES string of the molecule is CC(Nc1ncnc2ccccc12)c1cccc(NC(=O)c2ccc(CN(C)C)cc2)c1. The lowest BCUT2D eigenvalue weighted by molar-refractivity contribution is 0.102. The van der Waals surface area contributed by atoms with Gasteiger partial charge in [-0.05, 0) is 68.5 Å². The van der Waals surface area contributed by atoms with E-state index in [1.807, 2.05) is 86.9 Å². The highest BCUT2D eigenvalue weighted by Gasteiger charge is 2.11. The third-order valence-electron chi connectivity index (χ3n) is 5.26. The number of nitrogens with one attached hydrogen (secondary N) is 2. The lowest BCUT2D eigenvalue weighted by atomic mass is 10.1. The van der Waals surface area contributed by atoms with Crippen LogP contribution in [0, 0.1) is 0 Å². The first-order valence-electron chi connectivity index (χ1n) is 10.6. The summed E-state index contributed by atoms with van der Waals surface area (Å²) in [6.45, 7) is 2.91. The summed E-state index contributed by atoms with van der Waals surface area (Å²) >= 11 is 0. The maximum absolute atomic E-state index is 12.7. The van der Waals surface area contributed by atoms with Gasteiger partial charge in [-0.3, -0.25) is 4.79 Å². The summed E-state index contributed by atoms with van der Waals surface area (Å²) in [6, 6.07) is 23.5. The molecule has 0 radical (unpaired) electrons. The van der Waals surface area contributed by atoms with Gasteiger partial charge in [0.25, 0.3) is 5.91 Å². The third kappa shape index (κ3) is 5.10. The molecular weight excluding hydrogens is 398 g/mol. The van der Waals surface area contributed by atoms with E-state index in [9.17, 15) is 4.79 Å². The van der Waals surface area contributed by atoms with Crippen molar-refractivity contribution in [2.45, 2.75) is 19.5 Å². The van der Waals surface area contributed by atoms with Gasteiger partial charge < -0.3 is 15.5 Å². The number of carbonyl (C=O) groups is 1. The van der Waals surface area contributed by atoms with Gasteiger partial charge in [-0.15, -0.1) is 0 Å². The average molecular weight is 426 g/mol. The Hall–Kier alpha value is -3.77. The Morgan fingerprint density at radius 1 is 0.969 bits per heavy atom. The second-order valence-electron chi connectivity index (χ2n) is 8.12. The molecule has 1 amide bonds. The number of carbonyl (C=O) groups excluding carboxylic acids is 1. The third-order valence-corrected chi connectivity index (χ3v) is 5.26. The van der Waals surface area contributed by atoms with Gasteiger partial charge in [0.05, 0.1) is 11.6 Å². The molecular formula is C26H27N5O. The molecule has 4 aromatic rings. The van der Waals surface area contributed by atoms with Crippen LogP contribution in [0.4, 0.5) is 11.5 Å². The number of hydrogen-bond donors (Lipinski definition) is 2. The van der Waals surface area contributed by atoms with Crippen molar-refractivity contribution in [2.24, 2.45) is 0 Å². The molecule has 0 aliphatic rings. The molecule has 162 valence electrons. The molecule has 1 aromatic heterocycles. The van der Waals surface area contributed by atoms with Crippen LogP contribution >= 0.6 is 0 Å². The molecule has 6 nitrogen and oxygen atoms in total. The highest BCUT2D eigenvalue weighted by atomic mass is 16.1. The second-order valence-corrected chi connectivity index (χ2v) is 8.12. The smallest absolute Gasteiger partial charge is 0.255 e. The van der Waals surface area contributed by atoms with Crippen molar-refractivity contribution in [1.29, 1.82) is 0 Å². The molecule has 1 unspecified atom stereocenters. The van der Waals surface area contributed by atoms with Gasteiger partial charge in [0.2, 0.25) is 0 Å². The standard InChI is InChI=1S/C26H27N5O/c1-18(29-25-23-9-4-5-10-24(23)27-17-28-25)21-7-6-8-22(15-21)30-26(32)20-13-11-19(12-14-20)16-31(2)3/h4-15,17-18H,16H2,1-3H3,(H,30,32)(H,27,28,29). The van der Waals surface area contributed by atoms with Gasteiger partial charge >= 0.3 is 0 Å². The number of benzene rings is 3. The Morgan fingerprint density at radius 2 is 1.75 bits per heavy atom. The number of anilines is 2. The van der Waals surface area contributed by atoms with Crippen LogP contribution in [-0.2, 0) is 6.54 Å². The molecule has 1 atom stereocenters. The molecule has 0 spiro atoms. The molecule has 3 aromatic carbocycles. The van der Waals surface area contributed by atoms with Crippen LogP contribution in [0.2, 0.25) is 0 Å². The largest absolute Gasteiger partial charge is 0.363 e. The number of nitrogens with zero attached hydrogens (tertiary/aromatic N) is 3. The Kier molecular flexibility index (Phi) is 6.42. The van der Waals surface area contributed by atoms with Crippen LogP contribution in [0.5, 0.6) is 0 Å². The van der Waals surface area contributed by atoms with Crippen molar-refractivity contribution in [3.8, 4) is 0 Å². The molecule has 0 aliphatic heterocycles. The predicted octanol–water partition coefficient (Wildman–Crippen LogP) is 5.12. The summed E-state index contributed by atoms with van der Waals surface area (Å²) in [6.07, 6.45) is 1.57. The van der Waals surface area contributed by atoms with Gasteiger partial charge in [-0.25, -0.2) is 9.97 Å². The Balaban J connectivity index is 1.46. The van der Waals surface area contributed by atoms with E-state index in [-0.39, 0.29) is 11.9 Å². The van der Waals surface area contributed by atoms with Gasteiger partial charge in [0.15, 0.2) is 0 Å². The predicted molar refractivity (Wildman–Crippen MR) is 130 cm³/mol. The maximum atomic E-state index is 12.7. The fourth-order valence-corrected chi connectivity index (χ4v) is 3.62. The zero-order chi connectivity index (χ0) is 22.5. The second kappa shape index (κ2) is 9.58. The van der Waals surface area contributed by atoms with E-state index in [0.717, 1.165) is 34.5 Å². The van der Waals surface area contributed by atoms with Crippen LogP contribution in [0.1, 0.15) is 34.5 Å². The monoisotopic (exact) mass is 425 g/mol. The zero-order valence-corrected chi connectivity index (χ0v) is 18.5. The van der Waals surface area contributed by atoms with Crippen LogP contribution < -0.4 is 10.6 Å². The van der Waals surface area contributed by atoms with Crippen LogP contribution in [0.15, 0.2) is 79.1 Å². The van der Waals surface area contributed by atoms with Gasteiger partial charge in [0.1, 0.15) is 12.1 Å². The molecule has 1 heterocycles. The number of hydrogen-bond acceptors (Lipinski definition) is 5. The van der Waals surface area contributed by atoms with Crippen molar-refractivity contribution in [2.75, 3.05) is 24.7 Å². The Morgan fingerprint density at radius 3 is 2.53 bits per heavy atom. The lowest BCUT2D eigenvalue weighted by Gasteiger charge is -2.17. The minimum absolute atomic E-state index is 0.00419. The van der Waals surface area contributed by atoms with Crippen LogP contribution in [-0.4, -0.2) is 34.9 Å². The van der Waals surface area contributed by atoms with Crippen LogP contribution in [0.25, 0.3) is 10.9 Å². The minimum atomic E-state index is -0.124. The van der Waals surface area contributed by atoms with Gasteiger partial charge in [-0.1, -0.05) is 36.4 Å².